The molecule has 1 N–H and O–H groups in total. The number of nitrogens with one attached hydrogen (secondary N) is 1. The van der Waals surface area contributed by atoms with Crippen molar-refractivity contribution in [1.29, 1.82) is 0 Å². The Hall–Kier alpha value is -2.30. The van der Waals surface area contributed by atoms with E-state index in [0.29, 0.717) is 0 Å². The number of rotatable bonds is 3. The second kappa shape index (κ2) is 5.36. The van der Waals surface area contributed by atoms with Crippen LogP contribution in [0.15, 0.2) is 30.7 Å². The number of hydrogen-bond donors (Lipinski definition) is 1. The zero-order valence-corrected chi connectivity index (χ0v) is 11.4. The lowest BCUT2D eigenvalue weighted by atomic mass is 9.98. The van der Waals surface area contributed by atoms with Crippen LogP contribution in [0, 0.1) is 0 Å². The SMILES string of the molecule is COC(=O)Cn1cncc1-c1cccc2c1NCCC2. The number of carbonyl (C=O) groups is 1. The Labute approximate surface area is 117 Å². The Balaban J connectivity index is 2.02. The molecule has 0 spiro atoms. The second-order valence-electron chi connectivity index (χ2n) is 4.85. The zero-order chi connectivity index (χ0) is 13.9. The molecule has 0 saturated heterocycles. The Morgan fingerprint density at radius 3 is 3.25 bits per heavy atom. The standard InChI is InChI=1S/C15H17N3O2/c1-20-14(19)9-18-10-16-8-13(18)12-6-2-4-11-5-3-7-17-15(11)12/h2,4,6,8,10,17H,3,5,7,9H2,1H3. The first-order valence-corrected chi connectivity index (χ1v) is 6.72. The van der Waals surface area contributed by atoms with Gasteiger partial charge in [-0.3, -0.25) is 4.79 Å². The average Bonchev–Trinajstić information content (AvgIpc) is 2.94. The number of fused-ring (bicyclic) bond motifs is 1. The van der Waals surface area contributed by atoms with Crippen LogP contribution in [-0.2, 0) is 22.5 Å². The predicted molar refractivity (Wildman–Crippen MR) is 76.5 cm³/mol. The molecule has 2 heterocycles. The average molecular weight is 271 g/mol. The second-order valence-corrected chi connectivity index (χ2v) is 4.85. The third-order valence-electron chi connectivity index (χ3n) is 3.59. The quantitative estimate of drug-likeness (QED) is 0.868. The molecular formula is C15H17N3O2. The minimum Gasteiger partial charge on any atom is -0.468 e. The Bertz CT molecular complexity index is 634. The molecule has 1 aliphatic rings. The molecule has 1 aliphatic heterocycles. The lowest BCUT2D eigenvalue weighted by Gasteiger charge is -2.21. The molecule has 104 valence electrons. The third-order valence-corrected chi connectivity index (χ3v) is 3.59. The highest BCUT2D eigenvalue weighted by Crippen LogP contribution is 2.33. The molecular weight excluding hydrogens is 254 g/mol. The van der Waals surface area contributed by atoms with Crippen molar-refractivity contribution in [3.63, 3.8) is 0 Å². The van der Waals surface area contributed by atoms with E-state index in [4.69, 9.17) is 4.74 Å². The largest absolute Gasteiger partial charge is 0.468 e. The van der Waals surface area contributed by atoms with Crippen molar-refractivity contribution in [1.82, 2.24) is 9.55 Å². The molecule has 0 atom stereocenters. The summed E-state index contributed by atoms with van der Waals surface area (Å²) in [7, 11) is 1.39. The summed E-state index contributed by atoms with van der Waals surface area (Å²) in [6.07, 6.45) is 5.68. The molecule has 0 aliphatic carbocycles. The van der Waals surface area contributed by atoms with Gasteiger partial charge in [-0.05, 0) is 18.4 Å². The highest BCUT2D eigenvalue weighted by Gasteiger charge is 2.17. The summed E-state index contributed by atoms with van der Waals surface area (Å²) in [5.41, 5.74) is 4.50. The van der Waals surface area contributed by atoms with Crippen LogP contribution in [0.4, 0.5) is 5.69 Å². The lowest BCUT2D eigenvalue weighted by molar-refractivity contribution is -0.141. The molecule has 20 heavy (non-hydrogen) atoms. The molecule has 2 aromatic rings. The first kappa shape index (κ1) is 12.7. The fraction of sp³-hybridized carbons (Fsp3) is 0.333. The predicted octanol–water partition coefficient (Wildman–Crippen LogP) is 2.08. The number of methoxy groups -OCH3 is 1. The summed E-state index contributed by atoms with van der Waals surface area (Å²) in [6, 6.07) is 6.25. The molecule has 5 nitrogen and oxygen atoms in total. The van der Waals surface area contributed by atoms with E-state index >= 15 is 0 Å². The first-order valence-electron chi connectivity index (χ1n) is 6.72. The van der Waals surface area contributed by atoms with Gasteiger partial charge in [-0.2, -0.15) is 0 Å². The van der Waals surface area contributed by atoms with Crippen LogP contribution in [0.3, 0.4) is 0 Å². The van der Waals surface area contributed by atoms with E-state index in [9.17, 15) is 4.79 Å². The monoisotopic (exact) mass is 271 g/mol. The maximum absolute atomic E-state index is 11.5. The van der Waals surface area contributed by atoms with E-state index in [1.807, 2.05) is 4.57 Å². The third kappa shape index (κ3) is 2.27. The Kier molecular flexibility index (Phi) is 3.41. The van der Waals surface area contributed by atoms with Gasteiger partial charge in [-0.1, -0.05) is 18.2 Å². The molecule has 0 saturated carbocycles. The number of ether oxygens (including phenoxy) is 1. The number of hydrogen-bond acceptors (Lipinski definition) is 4. The van der Waals surface area contributed by atoms with Crippen molar-refractivity contribution in [2.45, 2.75) is 19.4 Å². The zero-order valence-electron chi connectivity index (χ0n) is 11.4. The number of anilines is 1. The van der Waals surface area contributed by atoms with Gasteiger partial charge in [0.25, 0.3) is 0 Å². The summed E-state index contributed by atoms with van der Waals surface area (Å²) in [6.45, 7) is 1.16. The summed E-state index contributed by atoms with van der Waals surface area (Å²) in [5.74, 6) is -0.276. The normalized spacial score (nSPS) is 13.4. The van der Waals surface area contributed by atoms with Crippen molar-refractivity contribution >= 4 is 11.7 Å². The molecule has 1 aromatic carbocycles. The number of para-hydroxylation sites is 1. The molecule has 0 amide bonds. The smallest absolute Gasteiger partial charge is 0.325 e. The summed E-state index contributed by atoms with van der Waals surface area (Å²) in [4.78, 5) is 15.6. The van der Waals surface area contributed by atoms with Gasteiger partial charge in [0.15, 0.2) is 0 Å². The van der Waals surface area contributed by atoms with Gasteiger partial charge in [-0.25, -0.2) is 4.98 Å². The topological polar surface area (TPSA) is 56.2 Å². The van der Waals surface area contributed by atoms with E-state index in [2.05, 4.69) is 28.5 Å². The van der Waals surface area contributed by atoms with Crippen LogP contribution < -0.4 is 5.32 Å². The maximum atomic E-state index is 11.5. The van der Waals surface area contributed by atoms with Crippen LogP contribution >= 0.6 is 0 Å². The molecule has 1 aromatic heterocycles. The minimum absolute atomic E-state index is 0.176. The van der Waals surface area contributed by atoms with Crippen LogP contribution in [-0.4, -0.2) is 29.2 Å². The summed E-state index contributed by atoms with van der Waals surface area (Å²) >= 11 is 0. The van der Waals surface area contributed by atoms with Crippen molar-refractivity contribution < 1.29 is 9.53 Å². The number of imidazole rings is 1. The highest BCUT2D eigenvalue weighted by atomic mass is 16.5. The lowest BCUT2D eigenvalue weighted by Crippen LogP contribution is -2.15. The molecule has 3 rings (SSSR count). The van der Waals surface area contributed by atoms with Gasteiger partial charge in [0.2, 0.25) is 0 Å². The Morgan fingerprint density at radius 1 is 1.50 bits per heavy atom. The minimum atomic E-state index is -0.276. The van der Waals surface area contributed by atoms with Crippen LogP contribution in [0.1, 0.15) is 12.0 Å². The van der Waals surface area contributed by atoms with Crippen molar-refractivity contribution in [2.75, 3.05) is 19.0 Å². The number of benzene rings is 1. The van der Waals surface area contributed by atoms with Crippen molar-refractivity contribution in [3.8, 4) is 11.3 Å². The highest BCUT2D eigenvalue weighted by molar-refractivity contribution is 5.80. The summed E-state index contributed by atoms with van der Waals surface area (Å²) < 4.78 is 6.54. The number of nitrogens with zero attached hydrogens (tertiary/aromatic N) is 2. The molecule has 0 unspecified atom stereocenters. The molecule has 0 fully saturated rings. The number of aryl methyl sites for hydroxylation is 1. The van der Waals surface area contributed by atoms with Gasteiger partial charge in [-0.15, -0.1) is 0 Å². The van der Waals surface area contributed by atoms with Gasteiger partial charge in [0.05, 0.1) is 25.3 Å². The van der Waals surface area contributed by atoms with Gasteiger partial charge in [0, 0.05) is 17.8 Å². The summed E-state index contributed by atoms with van der Waals surface area (Å²) in [5, 5.41) is 3.46. The van der Waals surface area contributed by atoms with Crippen molar-refractivity contribution in [3.05, 3.63) is 36.3 Å². The maximum Gasteiger partial charge on any atom is 0.325 e. The van der Waals surface area contributed by atoms with E-state index < -0.39 is 0 Å². The van der Waals surface area contributed by atoms with Crippen LogP contribution in [0.5, 0.6) is 0 Å². The van der Waals surface area contributed by atoms with Crippen LogP contribution in [0.2, 0.25) is 0 Å². The van der Waals surface area contributed by atoms with E-state index in [-0.39, 0.29) is 12.5 Å². The van der Waals surface area contributed by atoms with Gasteiger partial charge >= 0.3 is 5.97 Å². The van der Waals surface area contributed by atoms with Gasteiger partial charge < -0.3 is 14.6 Å². The fourth-order valence-electron chi connectivity index (χ4n) is 2.60. The van der Waals surface area contributed by atoms with Crippen LogP contribution in [0.25, 0.3) is 11.3 Å². The molecule has 0 bridgehead atoms. The van der Waals surface area contributed by atoms with Gasteiger partial charge in [0.1, 0.15) is 6.54 Å². The molecule has 5 heteroatoms. The fourth-order valence-corrected chi connectivity index (χ4v) is 2.60. The molecule has 0 radical (unpaired) electrons. The number of esters is 1. The van der Waals surface area contributed by atoms with Crippen molar-refractivity contribution in [2.24, 2.45) is 0 Å². The van der Waals surface area contributed by atoms with E-state index in [1.54, 1.807) is 12.5 Å². The Morgan fingerprint density at radius 2 is 2.40 bits per heavy atom. The first-order chi connectivity index (χ1) is 9.79. The van der Waals surface area contributed by atoms with E-state index in [0.717, 1.165) is 36.3 Å². The number of aromatic nitrogens is 2. The van der Waals surface area contributed by atoms with E-state index in [1.165, 1.54) is 12.7 Å². The number of carbonyl (C=O) groups excluding carboxylic acids is 1.